The fourth-order valence-electron chi connectivity index (χ4n) is 6.60. The summed E-state index contributed by atoms with van der Waals surface area (Å²) in [7, 11) is 0. The molecule has 0 aromatic heterocycles. The molecule has 2 aromatic carbocycles. The van der Waals surface area contributed by atoms with Crippen LogP contribution in [0, 0.1) is 5.92 Å². The second-order valence-corrected chi connectivity index (χ2v) is 11.5. The summed E-state index contributed by atoms with van der Waals surface area (Å²) >= 11 is 0. The van der Waals surface area contributed by atoms with E-state index in [1.165, 1.54) is 0 Å². The highest BCUT2D eigenvalue weighted by atomic mass is 16.6. The van der Waals surface area contributed by atoms with Crippen molar-refractivity contribution >= 4 is 12.1 Å². The SMILES string of the molecule is CC[C@H]([C@@H]1CCC(N=[N+]=[N-])[C@@H](C2C(N=[N+]=[N-])CC(N=[N+]=[N-])[C@H](OC(C)=O)[C@H]2O)O1)N(Cc1ccccc1)C(=O)OCc1ccccc1. The third-order valence-electron chi connectivity index (χ3n) is 8.66. The van der Waals surface area contributed by atoms with Gasteiger partial charge in [-0.15, -0.1) is 0 Å². The van der Waals surface area contributed by atoms with Gasteiger partial charge in [-0.3, -0.25) is 9.69 Å². The molecule has 0 bridgehead atoms. The van der Waals surface area contributed by atoms with E-state index < -0.39 is 66.6 Å². The molecule has 2 aromatic rings. The molecule has 16 heteroatoms. The maximum Gasteiger partial charge on any atom is 0.410 e. The number of hydrogen-bond acceptors (Lipinski definition) is 9. The van der Waals surface area contributed by atoms with Crippen LogP contribution in [0.25, 0.3) is 31.3 Å². The summed E-state index contributed by atoms with van der Waals surface area (Å²) in [6, 6.07) is 15.5. The van der Waals surface area contributed by atoms with Gasteiger partial charge in [0.1, 0.15) is 12.7 Å². The Morgan fingerprint density at radius 2 is 1.53 bits per heavy atom. The standard InChI is InChI=1S/C31H38N10O6/c1-3-25(41(17-20-10-6-4-7-11-20)31(44)45-18-21-12-8-5-9-13-21)26-15-14-22(35-38-32)29(47-26)27-23(36-39-33)16-24(37-40-34)30(28(27)43)46-19(2)42/h4-13,22-30,43H,3,14-18H2,1-2H3/t22?,23?,24?,25-,26+,27?,28+,29+,30+/m1/s1. The Kier molecular flexibility index (Phi) is 12.7. The van der Waals surface area contributed by atoms with Crippen LogP contribution in [0.4, 0.5) is 4.79 Å². The molecule has 9 atom stereocenters. The van der Waals surface area contributed by atoms with Crippen LogP contribution in [0.15, 0.2) is 76.0 Å². The zero-order valence-corrected chi connectivity index (χ0v) is 26.2. The molecule has 1 aliphatic carbocycles. The number of rotatable bonds is 12. The van der Waals surface area contributed by atoms with Gasteiger partial charge in [0.15, 0.2) is 0 Å². The molecule has 0 spiro atoms. The predicted molar refractivity (Wildman–Crippen MR) is 169 cm³/mol. The highest BCUT2D eigenvalue weighted by molar-refractivity contribution is 5.68. The van der Waals surface area contributed by atoms with Gasteiger partial charge in [-0.05, 0) is 53.4 Å². The lowest BCUT2D eigenvalue weighted by atomic mass is 9.72. The second kappa shape index (κ2) is 17.1. The van der Waals surface area contributed by atoms with E-state index in [4.69, 9.17) is 19.7 Å². The lowest BCUT2D eigenvalue weighted by molar-refractivity contribution is -0.182. The van der Waals surface area contributed by atoms with E-state index >= 15 is 0 Å². The fraction of sp³-hybridized carbons (Fsp3) is 0.548. The van der Waals surface area contributed by atoms with Crippen LogP contribution in [-0.2, 0) is 32.2 Å². The van der Waals surface area contributed by atoms with Crippen LogP contribution in [0.2, 0.25) is 0 Å². The summed E-state index contributed by atoms with van der Waals surface area (Å²) in [4.78, 5) is 36.1. The summed E-state index contributed by atoms with van der Waals surface area (Å²) in [6.07, 6.45) is -3.77. The fourth-order valence-corrected chi connectivity index (χ4v) is 6.60. The second-order valence-electron chi connectivity index (χ2n) is 11.5. The van der Waals surface area contributed by atoms with Gasteiger partial charge >= 0.3 is 12.1 Å². The molecule has 4 rings (SSSR count). The number of nitrogens with zero attached hydrogens (tertiary/aromatic N) is 10. The third kappa shape index (κ3) is 8.85. The first kappa shape index (κ1) is 34.9. The van der Waals surface area contributed by atoms with Gasteiger partial charge in [0, 0.05) is 40.2 Å². The summed E-state index contributed by atoms with van der Waals surface area (Å²) in [5.41, 5.74) is 29.7. The van der Waals surface area contributed by atoms with Crippen molar-refractivity contribution in [3.05, 3.63) is 103 Å². The van der Waals surface area contributed by atoms with E-state index in [1.807, 2.05) is 67.6 Å². The zero-order valence-electron chi connectivity index (χ0n) is 26.2. The van der Waals surface area contributed by atoms with Crippen LogP contribution >= 0.6 is 0 Å². The maximum absolute atomic E-state index is 13.7. The molecule has 1 heterocycles. The minimum Gasteiger partial charge on any atom is -0.459 e. The van der Waals surface area contributed by atoms with E-state index in [0.717, 1.165) is 18.1 Å². The lowest BCUT2D eigenvalue weighted by Crippen LogP contribution is -2.61. The number of esters is 1. The number of aliphatic hydroxyl groups excluding tert-OH is 1. The van der Waals surface area contributed by atoms with Gasteiger partial charge in [0.2, 0.25) is 0 Å². The molecule has 47 heavy (non-hydrogen) atoms. The number of carbonyl (C=O) groups excluding carboxylic acids is 2. The number of aliphatic hydroxyl groups is 1. The van der Waals surface area contributed by atoms with Crippen molar-refractivity contribution in [3.8, 4) is 0 Å². The van der Waals surface area contributed by atoms with Crippen LogP contribution in [-0.4, -0.2) is 70.7 Å². The van der Waals surface area contributed by atoms with Crippen molar-refractivity contribution in [2.75, 3.05) is 0 Å². The zero-order chi connectivity index (χ0) is 33.8. The van der Waals surface area contributed by atoms with Gasteiger partial charge < -0.3 is 19.3 Å². The van der Waals surface area contributed by atoms with Crippen molar-refractivity contribution in [2.45, 2.75) is 101 Å². The minimum absolute atomic E-state index is 0.0511. The molecule has 1 amide bonds. The summed E-state index contributed by atoms with van der Waals surface area (Å²) in [5, 5.41) is 23.2. The van der Waals surface area contributed by atoms with Crippen LogP contribution in [0.1, 0.15) is 50.7 Å². The van der Waals surface area contributed by atoms with Crippen LogP contribution < -0.4 is 0 Å². The Hall–Kier alpha value is -4.97. The Morgan fingerprint density at radius 3 is 2.13 bits per heavy atom. The topological polar surface area (TPSA) is 232 Å². The summed E-state index contributed by atoms with van der Waals surface area (Å²) in [5.74, 6) is -1.72. The largest absolute Gasteiger partial charge is 0.459 e. The Morgan fingerprint density at radius 1 is 0.936 bits per heavy atom. The first-order valence-corrected chi connectivity index (χ1v) is 15.5. The van der Waals surface area contributed by atoms with Crippen molar-refractivity contribution in [3.63, 3.8) is 0 Å². The molecule has 2 aliphatic rings. The first-order chi connectivity index (χ1) is 22.8. The molecule has 1 aliphatic heterocycles. The molecule has 4 unspecified atom stereocenters. The van der Waals surface area contributed by atoms with E-state index in [-0.39, 0.29) is 19.6 Å². The summed E-state index contributed by atoms with van der Waals surface area (Å²) < 4.78 is 17.8. The molecule has 0 radical (unpaired) electrons. The normalized spacial score (nSPS) is 27.5. The Labute approximate surface area is 271 Å². The lowest BCUT2D eigenvalue weighted by Gasteiger charge is -2.49. The van der Waals surface area contributed by atoms with Crippen molar-refractivity contribution in [2.24, 2.45) is 21.3 Å². The predicted octanol–water partition coefficient (Wildman–Crippen LogP) is 6.50. The van der Waals surface area contributed by atoms with Gasteiger partial charge in [-0.1, -0.05) is 82.9 Å². The monoisotopic (exact) mass is 646 g/mol. The molecular formula is C31H38N10O6. The van der Waals surface area contributed by atoms with Crippen molar-refractivity contribution in [1.82, 2.24) is 4.90 Å². The maximum atomic E-state index is 13.7. The minimum atomic E-state index is -1.50. The summed E-state index contributed by atoms with van der Waals surface area (Å²) in [6.45, 7) is 3.38. The van der Waals surface area contributed by atoms with E-state index in [2.05, 4.69) is 30.1 Å². The number of amides is 1. The van der Waals surface area contributed by atoms with Gasteiger partial charge in [0.05, 0.1) is 36.4 Å². The highest BCUT2D eigenvalue weighted by Crippen LogP contribution is 2.41. The van der Waals surface area contributed by atoms with E-state index in [9.17, 15) is 25.8 Å². The average molecular weight is 647 g/mol. The third-order valence-corrected chi connectivity index (χ3v) is 8.66. The Balaban J connectivity index is 1.68. The molecule has 1 N–H and O–H groups in total. The van der Waals surface area contributed by atoms with Gasteiger partial charge in [-0.2, -0.15) is 0 Å². The number of carbonyl (C=O) groups is 2. The highest BCUT2D eigenvalue weighted by Gasteiger charge is 2.52. The number of hydrogen-bond donors (Lipinski definition) is 1. The van der Waals surface area contributed by atoms with Gasteiger partial charge in [0.25, 0.3) is 0 Å². The molecule has 2 fully saturated rings. The Bertz CT molecular complexity index is 1500. The van der Waals surface area contributed by atoms with Crippen molar-refractivity contribution < 1.29 is 28.9 Å². The molecule has 248 valence electrons. The van der Waals surface area contributed by atoms with Crippen LogP contribution in [0.5, 0.6) is 0 Å². The smallest absolute Gasteiger partial charge is 0.410 e. The molecule has 1 saturated heterocycles. The van der Waals surface area contributed by atoms with Crippen LogP contribution in [0.3, 0.4) is 0 Å². The quantitative estimate of drug-likeness (QED) is 0.117. The number of azide groups is 3. The first-order valence-electron chi connectivity index (χ1n) is 15.5. The number of ether oxygens (including phenoxy) is 3. The van der Waals surface area contributed by atoms with E-state index in [1.54, 1.807) is 4.90 Å². The number of benzene rings is 2. The molecule has 1 saturated carbocycles. The molecular weight excluding hydrogens is 608 g/mol. The van der Waals surface area contributed by atoms with Gasteiger partial charge in [-0.25, -0.2) is 4.79 Å². The van der Waals surface area contributed by atoms with Crippen molar-refractivity contribution in [1.29, 1.82) is 0 Å². The molecule has 16 nitrogen and oxygen atoms in total. The van der Waals surface area contributed by atoms with E-state index in [0.29, 0.717) is 19.3 Å². The average Bonchev–Trinajstić information content (AvgIpc) is 3.07.